The molecule has 0 fully saturated rings. The molecule has 0 saturated carbocycles. The van der Waals surface area contributed by atoms with Gasteiger partial charge in [0.15, 0.2) is 5.75 Å². The van der Waals surface area contributed by atoms with E-state index in [9.17, 15) is 15.2 Å². The molecular formula is C6H4NO3. The lowest BCUT2D eigenvalue weighted by Crippen LogP contribution is -1.85. The zero-order valence-electron chi connectivity index (χ0n) is 4.98. The summed E-state index contributed by atoms with van der Waals surface area (Å²) in [5.74, 6) is -0.217. The van der Waals surface area contributed by atoms with Crippen molar-refractivity contribution in [2.75, 3.05) is 0 Å². The Morgan fingerprint density at radius 1 is 1.20 bits per heavy atom. The average Bonchev–Trinajstić information content (AvgIpc) is 1.88. The van der Waals surface area contributed by atoms with Crippen molar-refractivity contribution in [2.45, 2.75) is 0 Å². The number of rotatable bonds is 1. The summed E-state index contributed by atoms with van der Waals surface area (Å²) in [4.78, 5) is 9.47. The van der Waals surface area contributed by atoms with Crippen molar-refractivity contribution in [3.05, 3.63) is 34.4 Å². The summed E-state index contributed by atoms with van der Waals surface area (Å²) in [6.07, 6.45) is 0. The van der Waals surface area contributed by atoms with Crippen LogP contribution in [0.4, 0.5) is 5.69 Å². The Morgan fingerprint density at radius 2 is 1.70 bits per heavy atom. The smallest absolute Gasteiger partial charge is 0.269 e. The van der Waals surface area contributed by atoms with E-state index in [1.165, 1.54) is 12.1 Å². The second-order valence-corrected chi connectivity index (χ2v) is 1.75. The number of nitrogens with zero attached hydrogens (tertiary/aromatic N) is 1. The second kappa shape index (κ2) is 2.34. The molecule has 1 aromatic carbocycles. The molecule has 51 valence electrons. The van der Waals surface area contributed by atoms with Crippen LogP contribution in [0, 0.1) is 10.1 Å². The number of non-ortho nitro benzene ring substituents is 1. The van der Waals surface area contributed by atoms with Crippen molar-refractivity contribution in [1.82, 2.24) is 0 Å². The predicted molar refractivity (Wildman–Crippen MR) is 33.2 cm³/mol. The molecule has 10 heavy (non-hydrogen) atoms. The summed E-state index contributed by atoms with van der Waals surface area (Å²) in [5.41, 5.74) is -0.0559. The van der Waals surface area contributed by atoms with Gasteiger partial charge in [-0.2, -0.15) is 0 Å². The lowest BCUT2D eigenvalue weighted by molar-refractivity contribution is -0.384. The van der Waals surface area contributed by atoms with Gasteiger partial charge in [-0.1, -0.05) is 0 Å². The van der Waals surface area contributed by atoms with E-state index in [0.29, 0.717) is 0 Å². The number of benzene rings is 1. The highest BCUT2D eigenvalue weighted by atomic mass is 16.6. The Balaban J connectivity index is 3.00. The molecule has 0 amide bonds. The van der Waals surface area contributed by atoms with Crippen LogP contribution < -0.4 is 0 Å². The summed E-state index contributed by atoms with van der Waals surface area (Å²) in [7, 11) is 0. The first-order valence-corrected chi connectivity index (χ1v) is 2.61. The molecule has 0 atom stereocenters. The lowest BCUT2D eigenvalue weighted by Gasteiger charge is -1.87. The maximum absolute atomic E-state index is 10.4. The lowest BCUT2D eigenvalue weighted by atomic mass is 10.3. The van der Waals surface area contributed by atoms with E-state index in [1.807, 2.05) is 0 Å². The minimum atomic E-state index is -0.542. The van der Waals surface area contributed by atoms with Crippen molar-refractivity contribution in [2.24, 2.45) is 0 Å². The van der Waals surface area contributed by atoms with Gasteiger partial charge >= 0.3 is 0 Å². The van der Waals surface area contributed by atoms with Crippen LogP contribution in [-0.4, -0.2) is 4.92 Å². The van der Waals surface area contributed by atoms with Gasteiger partial charge in [0.25, 0.3) is 5.69 Å². The predicted octanol–water partition coefficient (Wildman–Crippen LogP) is 1.74. The van der Waals surface area contributed by atoms with Gasteiger partial charge in [-0.05, 0) is 12.1 Å². The Morgan fingerprint density at radius 3 is 2.10 bits per heavy atom. The first kappa shape index (κ1) is 6.54. The highest BCUT2D eigenvalue weighted by molar-refractivity contribution is 5.34. The Labute approximate surface area is 56.9 Å². The van der Waals surface area contributed by atoms with Crippen LogP contribution >= 0.6 is 0 Å². The zero-order valence-corrected chi connectivity index (χ0v) is 4.98. The van der Waals surface area contributed by atoms with E-state index in [4.69, 9.17) is 0 Å². The van der Waals surface area contributed by atoms with Crippen molar-refractivity contribution in [1.29, 1.82) is 0 Å². The van der Waals surface area contributed by atoms with Gasteiger partial charge in [-0.3, -0.25) is 15.2 Å². The number of hydrogen-bond donors (Lipinski definition) is 0. The van der Waals surface area contributed by atoms with Crippen molar-refractivity contribution < 1.29 is 10.0 Å². The van der Waals surface area contributed by atoms with Crippen LogP contribution in [0.2, 0.25) is 0 Å². The van der Waals surface area contributed by atoms with Crippen LogP contribution in [0.25, 0.3) is 0 Å². The summed E-state index contributed by atoms with van der Waals surface area (Å²) in [6, 6.07) is 4.70. The highest BCUT2D eigenvalue weighted by Gasteiger charge is 2.02. The highest BCUT2D eigenvalue weighted by Crippen LogP contribution is 2.15. The molecule has 1 aromatic rings. The van der Waals surface area contributed by atoms with Crippen molar-refractivity contribution in [3.63, 3.8) is 0 Å². The molecule has 1 rings (SSSR count). The molecule has 4 nitrogen and oxygen atoms in total. The Bertz CT molecular complexity index is 242. The van der Waals surface area contributed by atoms with Crippen LogP contribution in [0.15, 0.2) is 24.3 Å². The molecule has 0 bridgehead atoms. The molecule has 0 unspecified atom stereocenters. The molecule has 0 aliphatic rings. The molecule has 0 aliphatic carbocycles. The fraction of sp³-hybridized carbons (Fsp3) is 0. The normalized spacial score (nSPS) is 9.20. The van der Waals surface area contributed by atoms with E-state index < -0.39 is 4.92 Å². The second-order valence-electron chi connectivity index (χ2n) is 1.75. The fourth-order valence-electron chi connectivity index (χ4n) is 0.568. The van der Waals surface area contributed by atoms with Crippen molar-refractivity contribution in [3.8, 4) is 5.75 Å². The monoisotopic (exact) mass is 138 g/mol. The SMILES string of the molecule is [O]c1ccc([N+](=O)[O-])cc1. The Hall–Kier alpha value is -1.58. The standard InChI is InChI=1S/C6H4NO3/c8-6-3-1-5(2-4-6)7(9)10/h1-4H. The molecule has 0 aliphatic heterocycles. The van der Waals surface area contributed by atoms with E-state index in [1.54, 1.807) is 0 Å². The molecule has 0 heterocycles. The quantitative estimate of drug-likeness (QED) is 0.438. The summed E-state index contributed by atoms with van der Waals surface area (Å²) in [6.45, 7) is 0. The maximum atomic E-state index is 10.4. The molecule has 4 heteroatoms. The first-order valence-electron chi connectivity index (χ1n) is 2.61. The van der Waals surface area contributed by atoms with Crippen LogP contribution in [0.5, 0.6) is 5.75 Å². The van der Waals surface area contributed by atoms with Gasteiger partial charge in [-0.15, -0.1) is 0 Å². The van der Waals surface area contributed by atoms with Gasteiger partial charge < -0.3 is 0 Å². The molecule has 0 N–H and O–H groups in total. The van der Waals surface area contributed by atoms with Crippen molar-refractivity contribution >= 4 is 5.69 Å². The van der Waals surface area contributed by atoms with E-state index in [-0.39, 0.29) is 11.4 Å². The maximum Gasteiger partial charge on any atom is 0.269 e. The number of nitro groups is 1. The molecule has 1 radical (unpaired) electrons. The van der Waals surface area contributed by atoms with E-state index in [2.05, 4.69) is 0 Å². The third kappa shape index (κ3) is 1.22. The third-order valence-corrected chi connectivity index (χ3v) is 1.05. The van der Waals surface area contributed by atoms with Gasteiger partial charge in [-0.25, -0.2) is 0 Å². The summed E-state index contributed by atoms with van der Waals surface area (Å²) >= 11 is 0. The van der Waals surface area contributed by atoms with Gasteiger partial charge in [0, 0.05) is 12.1 Å². The average molecular weight is 138 g/mol. The molecule has 0 aromatic heterocycles. The molecule has 0 spiro atoms. The molecule has 0 saturated heterocycles. The minimum absolute atomic E-state index is 0.0559. The zero-order chi connectivity index (χ0) is 7.56. The first-order chi connectivity index (χ1) is 4.70. The summed E-state index contributed by atoms with van der Waals surface area (Å²) in [5, 5.41) is 20.4. The van der Waals surface area contributed by atoms with Crippen LogP contribution in [0.1, 0.15) is 0 Å². The van der Waals surface area contributed by atoms with E-state index >= 15 is 0 Å². The number of nitro benzene ring substituents is 1. The summed E-state index contributed by atoms with van der Waals surface area (Å²) < 4.78 is 0. The van der Waals surface area contributed by atoms with Crippen LogP contribution in [-0.2, 0) is 5.11 Å². The van der Waals surface area contributed by atoms with Crippen LogP contribution in [0.3, 0.4) is 0 Å². The topological polar surface area (TPSA) is 63.0 Å². The largest absolute Gasteiger partial charge is 0.290 e. The molecular weight excluding hydrogens is 134 g/mol. The fourth-order valence-corrected chi connectivity index (χ4v) is 0.568. The van der Waals surface area contributed by atoms with Gasteiger partial charge in [0.05, 0.1) is 4.92 Å². The minimum Gasteiger partial charge on any atom is -0.290 e. The van der Waals surface area contributed by atoms with Gasteiger partial charge in [0.1, 0.15) is 0 Å². The number of hydrogen-bond acceptors (Lipinski definition) is 2. The van der Waals surface area contributed by atoms with Gasteiger partial charge in [0.2, 0.25) is 0 Å². The Kier molecular flexibility index (Phi) is 1.53. The van der Waals surface area contributed by atoms with E-state index in [0.717, 1.165) is 12.1 Å². The third-order valence-electron chi connectivity index (χ3n) is 1.05.